The zero-order valence-electron chi connectivity index (χ0n) is 18.2. The number of rotatable bonds is 7. The van der Waals surface area contributed by atoms with Crippen LogP contribution in [0.25, 0.3) is 11.1 Å². The average Bonchev–Trinajstić information content (AvgIpc) is 3.14. The van der Waals surface area contributed by atoms with Gasteiger partial charge in [0.25, 0.3) is 0 Å². The number of aliphatic hydroxyl groups is 1. The summed E-state index contributed by atoms with van der Waals surface area (Å²) in [5.74, 6) is -2.16. The molecule has 0 saturated heterocycles. The fourth-order valence-corrected chi connectivity index (χ4v) is 4.84. The number of fused-ring (bicyclic) bond motifs is 3. The second-order valence-corrected chi connectivity index (χ2v) is 8.61. The molecular formula is C25H28N2O6. The summed E-state index contributed by atoms with van der Waals surface area (Å²) in [4.78, 5) is 36.0. The topological polar surface area (TPSA) is 125 Å². The van der Waals surface area contributed by atoms with E-state index in [4.69, 9.17) is 14.9 Å². The fraction of sp³-hybridized carbons (Fsp3) is 0.400. The van der Waals surface area contributed by atoms with E-state index in [1.807, 2.05) is 24.3 Å². The molecule has 4 rings (SSSR count). The zero-order chi connectivity index (χ0) is 23.4. The third-order valence-electron chi connectivity index (χ3n) is 6.51. The van der Waals surface area contributed by atoms with E-state index < -0.39 is 36.5 Å². The maximum absolute atomic E-state index is 12.5. The molecule has 0 spiro atoms. The monoisotopic (exact) mass is 452 g/mol. The Morgan fingerprint density at radius 1 is 1.00 bits per heavy atom. The van der Waals surface area contributed by atoms with Gasteiger partial charge in [0.2, 0.25) is 5.91 Å². The average molecular weight is 453 g/mol. The number of benzene rings is 2. The molecule has 0 bridgehead atoms. The number of ether oxygens (including phenoxy) is 1. The number of carbonyl (C=O) groups is 3. The molecule has 0 heterocycles. The number of carbonyl (C=O) groups excluding carboxylic acids is 2. The van der Waals surface area contributed by atoms with Gasteiger partial charge in [-0.15, -0.1) is 0 Å². The van der Waals surface area contributed by atoms with Gasteiger partial charge in [-0.1, -0.05) is 55.0 Å². The van der Waals surface area contributed by atoms with Crippen molar-refractivity contribution in [1.82, 2.24) is 10.6 Å². The van der Waals surface area contributed by atoms with E-state index in [0.29, 0.717) is 12.8 Å². The van der Waals surface area contributed by atoms with Crippen LogP contribution in [0.5, 0.6) is 0 Å². The highest BCUT2D eigenvalue weighted by Crippen LogP contribution is 2.44. The van der Waals surface area contributed by atoms with Crippen LogP contribution in [0.3, 0.4) is 0 Å². The van der Waals surface area contributed by atoms with Crippen LogP contribution in [0.2, 0.25) is 0 Å². The van der Waals surface area contributed by atoms with Crippen LogP contribution in [0.15, 0.2) is 48.5 Å². The maximum atomic E-state index is 12.5. The van der Waals surface area contributed by atoms with Gasteiger partial charge in [-0.2, -0.15) is 0 Å². The second-order valence-electron chi connectivity index (χ2n) is 8.61. The van der Waals surface area contributed by atoms with Gasteiger partial charge in [0.1, 0.15) is 12.6 Å². The Hall–Kier alpha value is -3.39. The Morgan fingerprint density at radius 2 is 1.64 bits per heavy atom. The number of hydrogen-bond acceptors (Lipinski definition) is 5. The van der Waals surface area contributed by atoms with Crippen molar-refractivity contribution >= 4 is 18.0 Å². The van der Waals surface area contributed by atoms with Gasteiger partial charge in [-0.3, -0.25) is 4.79 Å². The first-order valence-corrected chi connectivity index (χ1v) is 11.2. The standard InChI is InChI=1S/C25H28N2O6/c28-13-22(24(30)31)27-23(29)15-6-5-7-16(12-15)26-25(32)33-14-21-19-10-3-1-8-17(19)18-9-2-4-11-20(18)21/h1-4,8-11,15-16,21-22,28H,5-7,12-14H2,(H,26,32)(H,27,29)(H,30,31)/t15-,16+,22+/m1/s1. The van der Waals surface area contributed by atoms with Gasteiger partial charge in [-0.05, 0) is 41.5 Å². The van der Waals surface area contributed by atoms with Crippen molar-refractivity contribution in [2.24, 2.45) is 5.92 Å². The van der Waals surface area contributed by atoms with Crippen molar-refractivity contribution in [3.05, 3.63) is 59.7 Å². The van der Waals surface area contributed by atoms with Crippen LogP contribution in [-0.4, -0.2) is 53.5 Å². The zero-order valence-corrected chi connectivity index (χ0v) is 18.2. The molecule has 0 unspecified atom stereocenters. The Kier molecular flexibility index (Phi) is 6.93. The van der Waals surface area contributed by atoms with E-state index >= 15 is 0 Å². The number of carboxylic acid groups (broad SMARTS) is 1. The summed E-state index contributed by atoms with van der Waals surface area (Å²) >= 11 is 0. The third kappa shape index (κ3) is 5.01. The maximum Gasteiger partial charge on any atom is 0.407 e. The summed E-state index contributed by atoms with van der Waals surface area (Å²) in [5, 5.41) is 23.3. The minimum Gasteiger partial charge on any atom is -0.480 e. The molecule has 8 nitrogen and oxygen atoms in total. The number of alkyl carbamates (subject to hydrolysis) is 1. The Morgan fingerprint density at radius 3 is 2.24 bits per heavy atom. The summed E-state index contributed by atoms with van der Waals surface area (Å²) in [6.07, 6.45) is 1.92. The molecule has 0 aromatic heterocycles. The molecule has 2 aliphatic carbocycles. The van der Waals surface area contributed by atoms with Crippen molar-refractivity contribution in [3.63, 3.8) is 0 Å². The van der Waals surface area contributed by atoms with Crippen molar-refractivity contribution in [1.29, 1.82) is 0 Å². The first-order chi connectivity index (χ1) is 16.0. The van der Waals surface area contributed by atoms with E-state index in [-0.39, 0.29) is 18.6 Å². The quantitative estimate of drug-likeness (QED) is 0.512. The third-order valence-corrected chi connectivity index (χ3v) is 6.51. The number of hydrogen-bond donors (Lipinski definition) is 4. The Labute approximate surface area is 192 Å². The van der Waals surface area contributed by atoms with Crippen LogP contribution >= 0.6 is 0 Å². The number of aliphatic carboxylic acids is 1. The molecule has 0 aliphatic heterocycles. The molecule has 2 aromatic carbocycles. The van der Waals surface area contributed by atoms with Gasteiger partial charge < -0.3 is 25.6 Å². The first kappa shape index (κ1) is 22.8. The van der Waals surface area contributed by atoms with Gasteiger partial charge >= 0.3 is 12.1 Å². The second kappa shape index (κ2) is 10.0. The molecule has 1 saturated carbocycles. The number of nitrogens with one attached hydrogen (secondary N) is 2. The normalized spacial score (nSPS) is 20.3. The lowest BCUT2D eigenvalue weighted by atomic mass is 9.85. The van der Waals surface area contributed by atoms with Crippen molar-refractivity contribution < 1.29 is 29.3 Å². The fourth-order valence-electron chi connectivity index (χ4n) is 4.84. The Bertz CT molecular complexity index is 994. The SMILES string of the molecule is O=C(N[C@H]1CCC[C@@H](C(=O)N[C@@H](CO)C(=O)O)C1)OCC1c2ccccc2-c2ccccc21. The minimum absolute atomic E-state index is 0.0283. The van der Waals surface area contributed by atoms with Gasteiger partial charge in [0.05, 0.1) is 6.61 Å². The van der Waals surface area contributed by atoms with Crippen LogP contribution in [0, 0.1) is 5.92 Å². The van der Waals surface area contributed by atoms with E-state index in [9.17, 15) is 14.4 Å². The predicted octanol–water partition coefficient (Wildman–Crippen LogP) is 2.65. The molecule has 0 radical (unpaired) electrons. The molecule has 2 aromatic rings. The van der Waals surface area contributed by atoms with Crippen molar-refractivity contribution in [2.75, 3.05) is 13.2 Å². The van der Waals surface area contributed by atoms with E-state index in [1.54, 1.807) is 0 Å². The lowest BCUT2D eigenvalue weighted by molar-refractivity contribution is -0.143. The van der Waals surface area contributed by atoms with Crippen molar-refractivity contribution in [3.8, 4) is 11.1 Å². The van der Waals surface area contributed by atoms with Crippen LogP contribution < -0.4 is 10.6 Å². The molecule has 2 aliphatic rings. The van der Waals surface area contributed by atoms with E-state index in [2.05, 4.69) is 34.9 Å². The van der Waals surface area contributed by atoms with Gasteiger partial charge in [0.15, 0.2) is 0 Å². The van der Waals surface area contributed by atoms with Gasteiger partial charge in [0, 0.05) is 17.9 Å². The summed E-state index contributed by atoms with van der Waals surface area (Å²) in [5.41, 5.74) is 4.59. The van der Waals surface area contributed by atoms with E-state index in [1.165, 1.54) is 0 Å². The van der Waals surface area contributed by atoms with Crippen LogP contribution in [-0.2, 0) is 14.3 Å². The largest absolute Gasteiger partial charge is 0.480 e. The molecule has 4 N–H and O–H groups in total. The highest BCUT2D eigenvalue weighted by atomic mass is 16.5. The minimum atomic E-state index is -1.33. The van der Waals surface area contributed by atoms with Crippen molar-refractivity contribution in [2.45, 2.75) is 43.7 Å². The highest BCUT2D eigenvalue weighted by Gasteiger charge is 2.32. The highest BCUT2D eigenvalue weighted by molar-refractivity contribution is 5.85. The number of carboxylic acids is 1. The smallest absolute Gasteiger partial charge is 0.407 e. The lowest BCUT2D eigenvalue weighted by Gasteiger charge is -2.29. The molecule has 174 valence electrons. The summed E-state index contributed by atoms with van der Waals surface area (Å²) in [7, 11) is 0. The molecule has 33 heavy (non-hydrogen) atoms. The summed E-state index contributed by atoms with van der Waals surface area (Å²) in [6, 6.07) is 14.7. The van der Waals surface area contributed by atoms with Gasteiger partial charge in [-0.25, -0.2) is 9.59 Å². The number of aliphatic hydroxyl groups excluding tert-OH is 1. The molecule has 8 heteroatoms. The predicted molar refractivity (Wildman–Crippen MR) is 121 cm³/mol. The first-order valence-electron chi connectivity index (χ1n) is 11.2. The molecule has 1 fully saturated rings. The van der Waals surface area contributed by atoms with Crippen LogP contribution in [0.1, 0.15) is 42.7 Å². The lowest BCUT2D eigenvalue weighted by Crippen LogP contribution is -2.48. The molecule has 3 atom stereocenters. The summed E-state index contributed by atoms with van der Waals surface area (Å²) in [6.45, 7) is -0.456. The van der Waals surface area contributed by atoms with Crippen LogP contribution in [0.4, 0.5) is 4.79 Å². The molecule has 2 amide bonds. The molecular weight excluding hydrogens is 424 g/mol. The number of amides is 2. The van der Waals surface area contributed by atoms with E-state index in [0.717, 1.165) is 35.1 Å². The summed E-state index contributed by atoms with van der Waals surface area (Å²) < 4.78 is 5.59. The Balaban J connectivity index is 1.32.